The normalized spacial score (nSPS) is 11.2. The number of hydrogen-bond donors (Lipinski definition) is 2. The van der Waals surface area contributed by atoms with Gasteiger partial charge in [-0.05, 0) is 37.3 Å². The molecule has 0 aliphatic rings. The number of carbonyl (C=O) groups excluding carboxylic acids is 1. The van der Waals surface area contributed by atoms with E-state index in [4.69, 9.17) is 9.26 Å². The number of ether oxygens (including phenoxy) is 1. The van der Waals surface area contributed by atoms with Crippen LogP contribution >= 0.6 is 0 Å². The molecule has 0 saturated heterocycles. The van der Waals surface area contributed by atoms with Crippen LogP contribution in [0.5, 0.6) is 5.75 Å². The summed E-state index contributed by atoms with van der Waals surface area (Å²) in [5.74, 6) is 0.487. The number of fused-ring (bicyclic) bond motifs is 3. The van der Waals surface area contributed by atoms with E-state index in [-0.39, 0.29) is 18.0 Å². The molecule has 0 radical (unpaired) electrons. The van der Waals surface area contributed by atoms with Crippen molar-refractivity contribution in [2.45, 2.75) is 13.5 Å². The predicted octanol–water partition coefficient (Wildman–Crippen LogP) is 3.57. The first kappa shape index (κ1) is 19.6. The summed E-state index contributed by atoms with van der Waals surface area (Å²) in [6, 6.07) is 16.6. The van der Waals surface area contributed by atoms with Crippen molar-refractivity contribution in [3.8, 4) is 17.0 Å². The number of anilines is 1. The molecule has 160 valence electrons. The van der Waals surface area contributed by atoms with Gasteiger partial charge in [0.2, 0.25) is 11.8 Å². The zero-order valence-electron chi connectivity index (χ0n) is 17.2. The third kappa shape index (κ3) is 3.60. The van der Waals surface area contributed by atoms with Crippen LogP contribution in [0.25, 0.3) is 33.1 Å². The predicted molar refractivity (Wildman–Crippen MR) is 120 cm³/mol. The highest BCUT2D eigenvalue weighted by molar-refractivity contribution is 6.06. The molecule has 0 aliphatic carbocycles. The average Bonchev–Trinajstić information content (AvgIpc) is 3.41. The summed E-state index contributed by atoms with van der Waals surface area (Å²) in [5, 5.41) is 12.4. The van der Waals surface area contributed by atoms with Crippen LogP contribution in [0.1, 0.15) is 6.92 Å². The number of amides is 1. The van der Waals surface area contributed by atoms with Gasteiger partial charge in [0.25, 0.3) is 5.56 Å². The quantitative estimate of drug-likeness (QED) is 0.426. The number of H-pyrrole nitrogens is 1. The van der Waals surface area contributed by atoms with Gasteiger partial charge < -0.3 is 14.2 Å². The second-order valence-corrected chi connectivity index (χ2v) is 7.15. The molecule has 0 spiro atoms. The molecule has 2 aromatic carbocycles. The van der Waals surface area contributed by atoms with Crippen LogP contribution in [0.2, 0.25) is 0 Å². The first-order valence-electron chi connectivity index (χ1n) is 10.1. The van der Waals surface area contributed by atoms with Crippen molar-refractivity contribution in [1.29, 1.82) is 0 Å². The second-order valence-electron chi connectivity index (χ2n) is 7.15. The lowest BCUT2D eigenvalue weighted by Crippen LogP contribution is -2.29. The molecular weight excluding hydrogens is 410 g/mol. The SMILES string of the molecule is CCOc1ccc(-c2cc(NC(=O)Cn3ncc4c([nH]c5ccccc54)c3=O)on2)cc1. The van der Waals surface area contributed by atoms with Crippen LogP contribution in [-0.2, 0) is 11.3 Å². The maximum absolute atomic E-state index is 12.8. The number of rotatable bonds is 6. The van der Waals surface area contributed by atoms with Gasteiger partial charge >= 0.3 is 0 Å². The van der Waals surface area contributed by atoms with Gasteiger partial charge in [-0.2, -0.15) is 5.10 Å². The first-order valence-corrected chi connectivity index (χ1v) is 10.1. The Balaban J connectivity index is 1.32. The summed E-state index contributed by atoms with van der Waals surface area (Å²) in [7, 11) is 0. The van der Waals surface area contributed by atoms with Gasteiger partial charge in [-0.15, -0.1) is 0 Å². The molecule has 0 atom stereocenters. The third-order valence-corrected chi connectivity index (χ3v) is 5.05. The third-order valence-electron chi connectivity index (χ3n) is 5.05. The Bertz CT molecular complexity index is 1480. The van der Waals surface area contributed by atoms with Crippen LogP contribution in [0.15, 0.2) is 70.1 Å². The number of hydrogen-bond acceptors (Lipinski definition) is 6. The minimum Gasteiger partial charge on any atom is -0.494 e. The molecule has 2 N–H and O–H groups in total. The number of benzene rings is 2. The molecule has 3 heterocycles. The van der Waals surface area contributed by atoms with E-state index in [9.17, 15) is 9.59 Å². The lowest BCUT2D eigenvalue weighted by Gasteiger charge is -2.04. The van der Waals surface area contributed by atoms with Crippen molar-refractivity contribution in [2.24, 2.45) is 0 Å². The van der Waals surface area contributed by atoms with Gasteiger partial charge in [0, 0.05) is 27.9 Å². The Morgan fingerprint density at radius 1 is 1.16 bits per heavy atom. The van der Waals surface area contributed by atoms with Crippen molar-refractivity contribution in [1.82, 2.24) is 19.9 Å². The lowest BCUT2D eigenvalue weighted by molar-refractivity contribution is -0.117. The molecule has 32 heavy (non-hydrogen) atoms. The summed E-state index contributed by atoms with van der Waals surface area (Å²) < 4.78 is 11.8. The van der Waals surface area contributed by atoms with E-state index in [2.05, 4.69) is 20.6 Å². The van der Waals surface area contributed by atoms with Gasteiger partial charge in [0.1, 0.15) is 23.5 Å². The van der Waals surface area contributed by atoms with Crippen LogP contribution < -0.4 is 15.6 Å². The molecule has 3 aromatic heterocycles. The number of para-hydroxylation sites is 1. The Morgan fingerprint density at radius 3 is 2.78 bits per heavy atom. The van der Waals surface area contributed by atoms with Crippen molar-refractivity contribution in [3.05, 3.63) is 71.1 Å². The van der Waals surface area contributed by atoms with Gasteiger partial charge in [0.05, 0.1) is 12.8 Å². The Morgan fingerprint density at radius 2 is 1.97 bits per heavy atom. The first-order chi connectivity index (χ1) is 15.6. The largest absolute Gasteiger partial charge is 0.494 e. The fraction of sp³-hybridized carbons (Fsp3) is 0.130. The Labute approximate surface area is 181 Å². The van der Waals surface area contributed by atoms with Gasteiger partial charge in [-0.1, -0.05) is 23.4 Å². The molecule has 5 rings (SSSR count). The highest BCUT2D eigenvalue weighted by atomic mass is 16.5. The standard InChI is InChI=1S/C23H19N5O4/c1-2-31-15-9-7-14(8-10-15)19-11-21(32-27-19)26-20(29)13-28-23(30)22-17(12-24-28)16-5-3-4-6-18(16)25-22/h3-12,25H,2,13H2,1H3,(H,26,29). The summed E-state index contributed by atoms with van der Waals surface area (Å²) in [5.41, 5.74) is 2.26. The van der Waals surface area contributed by atoms with Crippen molar-refractivity contribution in [2.75, 3.05) is 11.9 Å². The molecule has 0 unspecified atom stereocenters. The zero-order valence-corrected chi connectivity index (χ0v) is 17.2. The van der Waals surface area contributed by atoms with E-state index >= 15 is 0 Å². The van der Waals surface area contributed by atoms with Gasteiger partial charge in [0.15, 0.2) is 0 Å². The molecule has 5 aromatic rings. The van der Waals surface area contributed by atoms with E-state index in [0.29, 0.717) is 17.8 Å². The summed E-state index contributed by atoms with van der Waals surface area (Å²) in [4.78, 5) is 28.4. The zero-order chi connectivity index (χ0) is 22.1. The molecule has 0 fully saturated rings. The van der Waals surface area contributed by atoms with Crippen molar-refractivity contribution < 1.29 is 14.1 Å². The smallest absolute Gasteiger partial charge is 0.291 e. The van der Waals surface area contributed by atoms with Crippen molar-refractivity contribution >= 4 is 33.6 Å². The monoisotopic (exact) mass is 429 g/mol. The second kappa shape index (κ2) is 8.03. The lowest BCUT2D eigenvalue weighted by atomic mass is 10.1. The fourth-order valence-corrected chi connectivity index (χ4v) is 3.56. The van der Waals surface area contributed by atoms with Crippen LogP contribution in [0.3, 0.4) is 0 Å². The molecule has 1 amide bonds. The van der Waals surface area contributed by atoms with E-state index in [1.54, 1.807) is 12.3 Å². The van der Waals surface area contributed by atoms with Crippen LogP contribution in [0, 0.1) is 0 Å². The minimum absolute atomic E-state index is 0.179. The van der Waals surface area contributed by atoms with E-state index in [0.717, 1.165) is 32.3 Å². The van der Waals surface area contributed by atoms with E-state index < -0.39 is 5.91 Å². The van der Waals surface area contributed by atoms with Crippen molar-refractivity contribution in [3.63, 3.8) is 0 Å². The maximum atomic E-state index is 12.8. The van der Waals surface area contributed by atoms with Crippen LogP contribution in [0.4, 0.5) is 5.88 Å². The number of carbonyl (C=O) groups is 1. The van der Waals surface area contributed by atoms with Gasteiger partial charge in [-0.3, -0.25) is 14.9 Å². The molecule has 0 aliphatic heterocycles. The van der Waals surface area contributed by atoms with Gasteiger partial charge in [-0.25, -0.2) is 4.68 Å². The molecule has 9 nitrogen and oxygen atoms in total. The Hall–Kier alpha value is -4.40. The number of nitrogens with zero attached hydrogens (tertiary/aromatic N) is 3. The summed E-state index contributed by atoms with van der Waals surface area (Å²) >= 11 is 0. The number of aromatic nitrogens is 4. The number of aromatic amines is 1. The highest BCUT2D eigenvalue weighted by Gasteiger charge is 2.14. The Kier molecular flexibility index (Phi) is 4.91. The minimum atomic E-state index is -0.454. The molecule has 9 heteroatoms. The topological polar surface area (TPSA) is 115 Å². The summed E-state index contributed by atoms with van der Waals surface area (Å²) in [6.45, 7) is 2.25. The van der Waals surface area contributed by atoms with E-state index in [1.165, 1.54) is 0 Å². The summed E-state index contributed by atoms with van der Waals surface area (Å²) in [6.07, 6.45) is 1.58. The molecular formula is C23H19N5O4. The highest BCUT2D eigenvalue weighted by Crippen LogP contribution is 2.24. The number of nitrogens with one attached hydrogen (secondary N) is 2. The fourth-order valence-electron chi connectivity index (χ4n) is 3.56. The molecule has 0 bridgehead atoms. The molecule has 0 saturated carbocycles. The van der Waals surface area contributed by atoms with Crippen LogP contribution in [-0.4, -0.2) is 32.4 Å². The van der Waals surface area contributed by atoms with E-state index in [1.807, 2.05) is 55.5 Å². The average molecular weight is 429 g/mol. The maximum Gasteiger partial charge on any atom is 0.291 e.